The van der Waals surface area contributed by atoms with Crippen LogP contribution in [0, 0.1) is 11.3 Å². The summed E-state index contributed by atoms with van der Waals surface area (Å²) in [4.78, 5) is 24.5. The minimum absolute atomic E-state index is 0.235. The highest BCUT2D eigenvalue weighted by molar-refractivity contribution is 8.00. The molecule has 0 atom stereocenters. The number of rotatable bonds is 3. The fourth-order valence-electron chi connectivity index (χ4n) is 1.75. The van der Waals surface area contributed by atoms with Gasteiger partial charge in [0.05, 0.1) is 17.6 Å². The molecular formula is C10H14N2O2S. The fourth-order valence-corrected chi connectivity index (χ4v) is 2.46. The maximum Gasteiger partial charge on any atom is 0.240 e. The third-order valence-corrected chi connectivity index (χ3v) is 3.66. The van der Waals surface area contributed by atoms with Crippen LogP contribution in [0.25, 0.3) is 0 Å². The lowest BCUT2D eigenvalue weighted by molar-refractivity contribution is -0.147. The van der Waals surface area contributed by atoms with Gasteiger partial charge >= 0.3 is 0 Å². The number of nitrogens with zero attached hydrogens (tertiary/aromatic N) is 2. The zero-order valence-corrected chi connectivity index (χ0v) is 9.76. The lowest BCUT2D eigenvalue weighted by atomic mass is 9.92. The van der Waals surface area contributed by atoms with Gasteiger partial charge in [0.25, 0.3) is 0 Å². The first kappa shape index (κ1) is 12.1. The molecule has 2 amide bonds. The highest BCUT2D eigenvalue weighted by Gasteiger charge is 2.42. The number of nitriles is 1. The first-order chi connectivity index (χ1) is 7.11. The molecule has 1 heterocycles. The average Bonchev–Trinajstić information content (AvgIpc) is 2.24. The van der Waals surface area contributed by atoms with Gasteiger partial charge in [0, 0.05) is 0 Å². The Morgan fingerprint density at radius 2 is 1.80 bits per heavy atom. The van der Waals surface area contributed by atoms with Crippen LogP contribution in [0.15, 0.2) is 0 Å². The summed E-state index contributed by atoms with van der Waals surface area (Å²) in [6.07, 6.45) is 0.976. The van der Waals surface area contributed by atoms with Crippen molar-refractivity contribution in [3.8, 4) is 6.07 Å². The molecule has 1 aliphatic heterocycles. The minimum Gasteiger partial charge on any atom is -0.273 e. The van der Waals surface area contributed by atoms with Crippen molar-refractivity contribution in [1.82, 2.24) is 4.90 Å². The Balaban J connectivity index is 3.06. The maximum atomic E-state index is 11.7. The summed E-state index contributed by atoms with van der Waals surface area (Å²) in [6.45, 7) is 3.66. The van der Waals surface area contributed by atoms with Gasteiger partial charge in [-0.2, -0.15) is 5.26 Å². The van der Waals surface area contributed by atoms with E-state index < -0.39 is 5.54 Å². The quantitative estimate of drug-likeness (QED) is 0.678. The van der Waals surface area contributed by atoms with Gasteiger partial charge in [-0.1, -0.05) is 13.8 Å². The predicted octanol–water partition coefficient (Wildman–Crippen LogP) is 1.17. The van der Waals surface area contributed by atoms with Gasteiger partial charge in [0.2, 0.25) is 11.8 Å². The van der Waals surface area contributed by atoms with Crippen LogP contribution >= 0.6 is 11.8 Å². The monoisotopic (exact) mass is 226 g/mol. The van der Waals surface area contributed by atoms with Gasteiger partial charge in [-0.15, -0.1) is 11.8 Å². The molecule has 0 aromatic heterocycles. The van der Waals surface area contributed by atoms with E-state index in [0.29, 0.717) is 24.3 Å². The van der Waals surface area contributed by atoms with Gasteiger partial charge in [-0.05, 0) is 12.8 Å². The van der Waals surface area contributed by atoms with Gasteiger partial charge in [-0.3, -0.25) is 14.5 Å². The van der Waals surface area contributed by atoms with E-state index in [-0.39, 0.29) is 11.8 Å². The second-order valence-corrected chi connectivity index (χ2v) is 4.45. The molecule has 82 valence electrons. The van der Waals surface area contributed by atoms with Gasteiger partial charge in [0.1, 0.15) is 5.54 Å². The Morgan fingerprint density at radius 1 is 1.33 bits per heavy atom. The van der Waals surface area contributed by atoms with E-state index in [4.69, 9.17) is 5.26 Å². The highest BCUT2D eigenvalue weighted by Crippen LogP contribution is 2.27. The average molecular weight is 226 g/mol. The van der Waals surface area contributed by atoms with Crippen molar-refractivity contribution in [3.05, 3.63) is 0 Å². The second kappa shape index (κ2) is 4.67. The molecule has 0 spiro atoms. The summed E-state index contributed by atoms with van der Waals surface area (Å²) in [5, 5.41) is 9.16. The predicted molar refractivity (Wildman–Crippen MR) is 58.1 cm³/mol. The van der Waals surface area contributed by atoms with Crippen molar-refractivity contribution in [2.45, 2.75) is 32.2 Å². The zero-order valence-electron chi connectivity index (χ0n) is 8.95. The molecule has 1 saturated heterocycles. The standard InChI is InChI=1S/C10H14N2O2S/c1-3-10(4-2,7-11)12-8(13)5-15-6-9(12)14/h3-6H2,1-2H3. The van der Waals surface area contributed by atoms with E-state index in [9.17, 15) is 9.59 Å². The summed E-state index contributed by atoms with van der Waals surface area (Å²) in [5.74, 6) is 0.132. The van der Waals surface area contributed by atoms with Crippen molar-refractivity contribution in [3.63, 3.8) is 0 Å². The van der Waals surface area contributed by atoms with Gasteiger partial charge in [-0.25, -0.2) is 0 Å². The number of thioether (sulfide) groups is 1. The third-order valence-electron chi connectivity index (χ3n) is 2.76. The summed E-state index contributed by atoms with van der Waals surface area (Å²) in [5.41, 5.74) is -0.935. The van der Waals surface area contributed by atoms with E-state index in [1.54, 1.807) is 0 Å². The summed E-state index contributed by atoms with van der Waals surface area (Å²) < 4.78 is 0. The summed E-state index contributed by atoms with van der Waals surface area (Å²) >= 11 is 1.31. The number of carbonyl (C=O) groups is 2. The van der Waals surface area contributed by atoms with E-state index in [1.165, 1.54) is 16.7 Å². The molecule has 0 aliphatic carbocycles. The van der Waals surface area contributed by atoms with E-state index in [1.807, 2.05) is 13.8 Å². The Hall–Kier alpha value is -1.02. The smallest absolute Gasteiger partial charge is 0.240 e. The Bertz CT molecular complexity index is 302. The lowest BCUT2D eigenvalue weighted by Crippen LogP contribution is -2.56. The van der Waals surface area contributed by atoms with Crippen LogP contribution in [-0.4, -0.2) is 33.8 Å². The summed E-state index contributed by atoms with van der Waals surface area (Å²) in [7, 11) is 0. The van der Waals surface area contributed by atoms with Gasteiger partial charge < -0.3 is 0 Å². The van der Waals surface area contributed by atoms with E-state index in [0.717, 1.165) is 0 Å². The normalized spacial score (nSPS) is 17.8. The third kappa shape index (κ3) is 2.00. The molecular weight excluding hydrogens is 212 g/mol. The topological polar surface area (TPSA) is 61.2 Å². The van der Waals surface area contributed by atoms with Crippen LogP contribution in [0.3, 0.4) is 0 Å². The number of amides is 2. The molecule has 0 N–H and O–H groups in total. The number of imide groups is 1. The molecule has 5 heteroatoms. The van der Waals surface area contributed by atoms with Crippen molar-refractivity contribution in [2.75, 3.05) is 11.5 Å². The Kier molecular flexibility index (Phi) is 3.75. The van der Waals surface area contributed by atoms with Crippen LogP contribution in [0.5, 0.6) is 0 Å². The maximum absolute atomic E-state index is 11.7. The van der Waals surface area contributed by atoms with Crippen molar-refractivity contribution in [2.24, 2.45) is 0 Å². The fraction of sp³-hybridized carbons (Fsp3) is 0.700. The second-order valence-electron chi connectivity index (χ2n) is 3.47. The molecule has 0 unspecified atom stereocenters. The Morgan fingerprint density at radius 3 is 2.13 bits per heavy atom. The van der Waals surface area contributed by atoms with E-state index >= 15 is 0 Å². The number of carbonyl (C=O) groups excluding carboxylic acids is 2. The molecule has 0 saturated carbocycles. The number of hydrogen-bond acceptors (Lipinski definition) is 4. The molecule has 4 nitrogen and oxygen atoms in total. The molecule has 1 rings (SSSR count). The minimum atomic E-state index is -0.935. The molecule has 0 aromatic carbocycles. The molecule has 15 heavy (non-hydrogen) atoms. The molecule has 1 aliphatic rings. The van der Waals surface area contributed by atoms with Crippen LogP contribution in [0.2, 0.25) is 0 Å². The first-order valence-electron chi connectivity index (χ1n) is 4.96. The first-order valence-corrected chi connectivity index (χ1v) is 6.11. The lowest BCUT2D eigenvalue weighted by Gasteiger charge is -2.37. The number of hydrogen-bond donors (Lipinski definition) is 0. The van der Waals surface area contributed by atoms with Crippen molar-refractivity contribution >= 4 is 23.6 Å². The molecule has 0 radical (unpaired) electrons. The summed E-state index contributed by atoms with van der Waals surface area (Å²) in [6, 6.07) is 2.12. The van der Waals surface area contributed by atoms with Crippen LogP contribution in [-0.2, 0) is 9.59 Å². The van der Waals surface area contributed by atoms with Crippen LogP contribution in [0.4, 0.5) is 0 Å². The largest absolute Gasteiger partial charge is 0.273 e. The van der Waals surface area contributed by atoms with Crippen LogP contribution < -0.4 is 0 Å². The highest BCUT2D eigenvalue weighted by atomic mass is 32.2. The van der Waals surface area contributed by atoms with Crippen molar-refractivity contribution < 1.29 is 9.59 Å². The SMILES string of the molecule is CCC(C#N)(CC)N1C(=O)CSCC1=O. The molecule has 0 bridgehead atoms. The van der Waals surface area contributed by atoms with Crippen LogP contribution in [0.1, 0.15) is 26.7 Å². The zero-order chi connectivity index (χ0) is 11.5. The van der Waals surface area contributed by atoms with E-state index in [2.05, 4.69) is 6.07 Å². The Labute approximate surface area is 93.6 Å². The molecule has 1 fully saturated rings. The van der Waals surface area contributed by atoms with Gasteiger partial charge in [0.15, 0.2) is 0 Å². The van der Waals surface area contributed by atoms with Crippen molar-refractivity contribution in [1.29, 1.82) is 5.26 Å². The molecule has 0 aromatic rings.